The SMILES string of the molecule is CCCN1C(=O)c2ccccc2[C@H](C(=O)N2CCCCC2)[C@H]1c1cc(OC)c(OC)c(OC)c1. The van der Waals surface area contributed by atoms with Crippen molar-refractivity contribution < 1.29 is 23.8 Å². The highest BCUT2D eigenvalue weighted by molar-refractivity contribution is 6.01. The zero-order valence-electron chi connectivity index (χ0n) is 20.5. The number of amides is 2. The van der Waals surface area contributed by atoms with Crippen LogP contribution >= 0.6 is 0 Å². The fraction of sp³-hybridized carbons (Fsp3) is 0.481. The third-order valence-electron chi connectivity index (χ3n) is 6.87. The minimum atomic E-state index is -0.513. The lowest BCUT2D eigenvalue weighted by atomic mass is 9.78. The molecular formula is C27H34N2O5. The van der Waals surface area contributed by atoms with Crippen LogP contribution in [0.1, 0.15) is 66.1 Å². The van der Waals surface area contributed by atoms with Gasteiger partial charge < -0.3 is 24.0 Å². The van der Waals surface area contributed by atoms with Gasteiger partial charge in [0.25, 0.3) is 5.91 Å². The van der Waals surface area contributed by atoms with Gasteiger partial charge >= 0.3 is 0 Å². The first-order chi connectivity index (χ1) is 16.5. The van der Waals surface area contributed by atoms with Crippen molar-refractivity contribution in [3.05, 3.63) is 53.1 Å². The lowest BCUT2D eigenvalue weighted by Gasteiger charge is -2.44. The molecule has 2 amide bonds. The van der Waals surface area contributed by atoms with Gasteiger partial charge in [0.2, 0.25) is 11.7 Å². The fourth-order valence-electron chi connectivity index (χ4n) is 5.30. The standard InChI is InChI=1S/C27H34N2O5/c1-5-13-29-24(18-16-21(32-2)25(34-4)22(17-18)33-3)23(27(31)28-14-9-6-10-15-28)19-11-7-8-12-20(19)26(29)30/h7-8,11-12,16-17,23-24H,5-6,9-10,13-15H2,1-4H3/t23-,24+/m0/s1. The molecule has 1 fully saturated rings. The van der Waals surface area contributed by atoms with Gasteiger partial charge in [0.05, 0.1) is 33.3 Å². The molecule has 0 aromatic heterocycles. The van der Waals surface area contributed by atoms with Crippen LogP contribution in [0.3, 0.4) is 0 Å². The summed E-state index contributed by atoms with van der Waals surface area (Å²) in [5.41, 5.74) is 2.19. The third-order valence-corrected chi connectivity index (χ3v) is 6.87. The number of likely N-dealkylation sites (tertiary alicyclic amines) is 1. The summed E-state index contributed by atoms with van der Waals surface area (Å²) < 4.78 is 16.7. The van der Waals surface area contributed by atoms with E-state index in [2.05, 4.69) is 0 Å². The molecule has 0 radical (unpaired) electrons. The maximum absolute atomic E-state index is 14.1. The Morgan fingerprint density at radius 1 is 0.971 bits per heavy atom. The zero-order chi connectivity index (χ0) is 24.2. The normalized spacial score (nSPS) is 20.1. The molecule has 7 heteroatoms. The molecule has 182 valence electrons. The predicted molar refractivity (Wildman–Crippen MR) is 130 cm³/mol. The van der Waals surface area contributed by atoms with Gasteiger partial charge in [-0.2, -0.15) is 0 Å². The summed E-state index contributed by atoms with van der Waals surface area (Å²) in [4.78, 5) is 31.6. The van der Waals surface area contributed by atoms with Gasteiger partial charge in [-0.05, 0) is 55.0 Å². The number of fused-ring (bicyclic) bond motifs is 1. The monoisotopic (exact) mass is 466 g/mol. The van der Waals surface area contributed by atoms with Gasteiger partial charge in [-0.3, -0.25) is 9.59 Å². The van der Waals surface area contributed by atoms with Crippen LogP contribution in [0.15, 0.2) is 36.4 Å². The van der Waals surface area contributed by atoms with E-state index in [1.165, 1.54) is 0 Å². The largest absolute Gasteiger partial charge is 0.493 e. The first-order valence-corrected chi connectivity index (χ1v) is 12.0. The predicted octanol–water partition coefficient (Wildman–Crippen LogP) is 4.42. The van der Waals surface area contributed by atoms with E-state index in [4.69, 9.17) is 14.2 Å². The van der Waals surface area contributed by atoms with Crippen molar-refractivity contribution in [2.75, 3.05) is 41.0 Å². The smallest absolute Gasteiger partial charge is 0.254 e. The second-order valence-corrected chi connectivity index (χ2v) is 8.85. The highest BCUT2D eigenvalue weighted by Crippen LogP contribution is 2.48. The molecule has 0 bridgehead atoms. The van der Waals surface area contributed by atoms with Crippen LogP contribution < -0.4 is 14.2 Å². The molecule has 0 saturated carbocycles. The molecule has 0 aliphatic carbocycles. The molecule has 0 unspecified atom stereocenters. The first kappa shape index (κ1) is 23.9. The third kappa shape index (κ3) is 4.19. The second kappa shape index (κ2) is 10.4. The van der Waals surface area contributed by atoms with E-state index in [1.807, 2.05) is 53.1 Å². The van der Waals surface area contributed by atoms with Gasteiger partial charge in [0.1, 0.15) is 0 Å². The van der Waals surface area contributed by atoms with Crippen molar-refractivity contribution in [1.82, 2.24) is 9.80 Å². The number of benzene rings is 2. The van der Waals surface area contributed by atoms with Gasteiger partial charge in [-0.1, -0.05) is 25.1 Å². The van der Waals surface area contributed by atoms with Crippen LogP contribution in [0.25, 0.3) is 0 Å². The van der Waals surface area contributed by atoms with Crippen LogP contribution in [0, 0.1) is 0 Å². The molecule has 2 aliphatic rings. The Morgan fingerprint density at radius 2 is 1.62 bits per heavy atom. The maximum Gasteiger partial charge on any atom is 0.254 e. The number of methoxy groups -OCH3 is 3. The van der Waals surface area contributed by atoms with Crippen molar-refractivity contribution in [2.45, 2.75) is 44.6 Å². The van der Waals surface area contributed by atoms with Crippen LogP contribution in [0.5, 0.6) is 17.2 Å². The van der Waals surface area contributed by atoms with Gasteiger partial charge in [-0.15, -0.1) is 0 Å². The van der Waals surface area contributed by atoms with Gasteiger partial charge in [0, 0.05) is 25.2 Å². The summed E-state index contributed by atoms with van der Waals surface area (Å²) >= 11 is 0. The molecule has 2 aromatic carbocycles. The molecule has 1 saturated heterocycles. The van der Waals surface area contributed by atoms with Crippen molar-refractivity contribution in [3.63, 3.8) is 0 Å². The number of hydrogen-bond donors (Lipinski definition) is 0. The Bertz CT molecular complexity index is 1020. The highest BCUT2D eigenvalue weighted by Gasteiger charge is 2.45. The van der Waals surface area contributed by atoms with Crippen molar-refractivity contribution in [2.24, 2.45) is 0 Å². The van der Waals surface area contributed by atoms with Gasteiger partial charge in [0.15, 0.2) is 11.5 Å². The number of hydrogen-bond acceptors (Lipinski definition) is 5. The number of carbonyl (C=O) groups excluding carboxylic acids is 2. The molecule has 4 rings (SSSR count). The van der Waals surface area contributed by atoms with Crippen LogP contribution in [0.4, 0.5) is 0 Å². The van der Waals surface area contributed by atoms with Crippen molar-refractivity contribution in [1.29, 1.82) is 0 Å². The van der Waals surface area contributed by atoms with Crippen LogP contribution in [-0.4, -0.2) is 62.6 Å². The fourth-order valence-corrected chi connectivity index (χ4v) is 5.30. The van der Waals surface area contributed by atoms with E-state index in [-0.39, 0.29) is 11.8 Å². The average molecular weight is 467 g/mol. The maximum atomic E-state index is 14.1. The van der Waals surface area contributed by atoms with E-state index in [0.29, 0.717) is 29.4 Å². The lowest BCUT2D eigenvalue weighted by Crippen LogP contribution is -2.49. The summed E-state index contributed by atoms with van der Waals surface area (Å²) in [6, 6.07) is 10.8. The minimum absolute atomic E-state index is 0.0566. The number of carbonyl (C=O) groups is 2. The summed E-state index contributed by atoms with van der Waals surface area (Å²) in [5.74, 6) is 0.990. The quantitative estimate of drug-likeness (QED) is 0.604. The average Bonchev–Trinajstić information content (AvgIpc) is 2.89. The lowest BCUT2D eigenvalue weighted by molar-refractivity contribution is -0.135. The Labute approximate surface area is 201 Å². The zero-order valence-corrected chi connectivity index (χ0v) is 20.5. The van der Waals surface area contributed by atoms with E-state index >= 15 is 0 Å². The van der Waals surface area contributed by atoms with Gasteiger partial charge in [-0.25, -0.2) is 0 Å². The summed E-state index contributed by atoms with van der Waals surface area (Å²) in [6.07, 6.45) is 3.93. The van der Waals surface area contributed by atoms with Crippen LogP contribution in [0.2, 0.25) is 0 Å². The molecule has 7 nitrogen and oxygen atoms in total. The number of ether oxygens (including phenoxy) is 3. The minimum Gasteiger partial charge on any atom is -0.493 e. The summed E-state index contributed by atoms with van der Waals surface area (Å²) in [6.45, 7) is 4.09. The molecule has 0 N–H and O–H groups in total. The molecule has 34 heavy (non-hydrogen) atoms. The van der Waals surface area contributed by atoms with E-state index in [1.54, 1.807) is 21.3 Å². The molecule has 0 spiro atoms. The Hall–Kier alpha value is -3.22. The molecule has 2 atom stereocenters. The molecule has 2 aromatic rings. The highest BCUT2D eigenvalue weighted by atomic mass is 16.5. The Morgan fingerprint density at radius 3 is 2.21 bits per heavy atom. The Kier molecular flexibility index (Phi) is 7.29. The molecule has 2 heterocycles. The van der Waals surface area contributed by atoms with E-state index < -0.39 is 12.0 Å². The summed E-state index contributed by atoms with van der Waals surface area (Å²) in [7, 11) is 4.71. The number of piperidine rings is 1. The van der Waals surface area contributed by atoms with Crippen molar-refractivity contribution >= 4 is 11.8 Å². The van der Waals surface area contributed by atoms with Crippen LogP contribution in [-0.2, 0) is 4.79 Å². The Balaban J connectivity index is 1.92. The summed E-state index contributed by atoms with van der Waals surface area (Å²) in [5, 5.41) is 0. The number of nitrogens with zero attached hydrogens (tertiary/aromatic N) is 2. The van der Waals surface area contributed by atoms with E-state index in [9.17, 15) is 9.59 Å². The molecule has 2 aliphatic heterocycles. The number of rotatable bonds is 7. The molecular weight excluding hydrogens is 432 g/mol. The van der Waals surface area contributed by atoms with Crippen molar-refractivity contribution in [3.8, 4) is 17.2 Å². The van der Waals surface area contributed by atoms with E-state index in [0.717, 1.165) is 49.9 Å². The first-order valence-electron chi connectivity index (χ1n) is 12.0. The topological polar surface area (TPSA) is 68.3 Å². The second-order valence-electron chi connectivity index (χ2n) is 8.85.